The van der Waals surface area contributed by atoms with Gasteiger partial charge in [0.1, 0.15) is 5.82 Å². The lowest BCUT2D eigenvalue weighted by Crippen LogP contribution is -1.97. The van der Waals surface area contributed by atoms with Crippen molar-refractivity contribution < 1.29 is 0 Å². The Labute approximate surface area is 95.7 Å². The predicted octanol–water partition coefficient (Wildman–Crippen LogP) is 2.02. The van der Waals surface area contributed by atoms with Crippen molar-refractivity contribution in [3.63, 3.8) is 0 Å². The number of aromatic nitrogens is 2. The van der Waals surface area contributed by atoms with Gasteiger partial charge >= 0.3 is 0 Å². The Morgan fingerprint density at radius 2 is 1.88 bits per heavy atom. The zero-order chi connectivity index (χ0) is 11.4. The molecule has 0 aliphatic rings. The van der Waals surface area contributed by atoms with E-state index in [4.69, 9.17) is 5.73 Å². The maximum absolute atomic E-state index is 5.52. The summed E-state index contributed by atoms with van der Waals surface area (Å²) in [4.78, 5) is 7.49. The summed E-state index contributed by atoms with van der Waals surface area (Å²) in [5.41, 5.74) is 9.15. The van der Waals surface area contributed by atoms with Gasteiger partial charge in [0.2, 0.25) is 0 Å². The van der Waals surface area contributed by atoms with E-state index in [-0.39, 0.29) is 0 Å². The van der Waals surface area contributed by atoms with Gasteiger partial charge in [-0.15, -0.1) is 0 Å². The number of imidazole rings is 1. The first-order chi connectivity index (χ1) is 7.81. The number of aromatic amines is 1. The topological polar surface area (TPSA) is 54.7 Å². The molecule has 0 saturated heterocycles. The first kappa shape index (κ1) is 10.9. The van der Waals surface area contributed by atoms with Gasteiger partial charge in [-0.2, -0.15) is 0 Å². The normalized spacial score (nSPS) is 10.6. The monoisotopic (exact) mass is 215 g/mol. The molecular weight excluding hydrogens is 198 g/mol. The largest absolute Gasteiger partial charge is 0.345 e. The number of H-pyrrole nitrogens is 1. The van der Waals surface area contributed by atoms with Crippen LogP contribution in [0.25, 0.3) is 0 Å². The van der Waals surface area contributed by atoms with Crippen LogP contribution >= 0.6 is 0 Å². The van der Waals surface area contributed by atoms with Crippen molar-refractivity contribution in [2.75, 3.05) is 0 Å². The van der Waals surface area contributed by atoms with Crippen LogP contribution in [0.15, 0.2) is 30.5 Å². The number of nitrogens with one attached hydrogen (secondary N) is 1. The standard InChI is InChI=1S/C13H17N3/c1-2-10-3-5-11(6-4-10)7-13-15-9-12(8-14)16-13/h3-6,9H,2,7-8,14H2,1H3,(H,15,16). The first-order valence-electron chi connectivity index (χ1n) is 5.62. The highest BCUT2D eigenvalue weighted by atomic mass is 14.9. The van der Waals surface area contributed by atoms with Crippen LogP contribution in [0.5, 0.6) is 0 Å². The molecule has 0 unspecified atom stereocenters. The molecule has 1 aromatic carbocycles. The van der Waals surface area contributed by atoms with Crippen molar-refractivity contribution >= 4 is 0 Å². The van der Waals surface area contributed by atoms with Crippen molar-refractivity contribution in [3.8, 4) is 0 Å². The Hall–Kier alpha value is -1.61. The highest BCUT2D eigenvalue weighted by Crippen LogP contribution is 2.09. The highest BCUT2D eigenvalue weighted by Gasteiger charge is 2.01. The lowest BCUT2D eigenvalue weighted by Gasteiger charge is -2.00. The van der Waals surface area contributed by atoms with Crippen LogP contribution in [0.4, 0.5) is 0 Å². The molecule has 0 spiro atoms. The number of rotatable bonds is 4. The smallest absolute Gasteiger partial charge is 0.110 e. The number of hydrogen-bond donors (Lipinski definition) is 2. The number of hydrogen-bond acceptors (Lipinski definition) is 2. The third kappa shape index (κ3) is 2.49. The maximum atomic E-state index is 5.52. The molecule has 0 amide bonds. The van der Waals surface area contributed by atoms with Crippen molar-refractivity contribution in [1.82, 2.24) is 9.97 Å². The second-order valence-corrected chi connectivity index (χ2v) is 3.91. The van der Waals surface area contributed by atoms with E-state index >= 15 is 0 Å². The van der Waals surface area contributed by atoms with Gasteiger partial charge in [0, 0.05) is 24.9 Å². The Balaban J connectivity index is 2.08. The summed E-state index contributed by atoms with van der Waals surface area (Å²) in [6.45, 7) is 2.68. The predicted molar refractivity (Wildman–Crippen MR) is 65.1 cm³/mol. The maximum Gasteiger partial charge on any atom is 0.110 e. The highest BCUT2D eigenvalue weighted by molar-refractivity contribution is 5.25. The number of nitrogens with zero attached hydrogens (tertiary/aromatic N) is 1. The third-order valence-corrected chi connectivity index (χ3v) is 2.70. The van der Waals surface area contributed by atoms with E-state index in [1.165, 1.54) is 11.1 Å². The molecule has 0 fully saturated rings. The molecule has 0 saturated carbocycles. The average Bonchev–Trinajstić information content (AvgIpc) is 2.78. The number of benzene rings is 1. The van der Waals surface area contributed by atoms with Crippen LogP contribution in [0.1, 0.15) is 29.6 Å². The van der Waals surface area contributed by atoms with Gasteiger partial charge in [0.05, 0.1) is 0 Å². The molecule has 2 rings (SSSR count). The molecule has 3 N–H and O–H groups in total. The molecule has 0 aliphatic heterocycles. The molecule has 84 valence electrons. The van der Waals surface area contributed by atoms with Crippen LogP contribution in [-0.4, -0.2) is 9.97 Å². The molecule has 2 aromatic rings. The number of aryl methyl sites for hydroxylation is 1. The van der Waals surface area contributed by atoms with Crippen LogP contribution < -0.4 is 5.73 Å². The molecule has 1 heterocycles. The van der Waals surface area contributed by atoms with Gasteiger partial charge in [0.15, 0.2) is 0 Å². The average molecular weight is 215 g/mol. The minimum Gasteiger partial charge on any atom is -0.345 e. The molecule has 3 heteroatoms. The molecule has 0 aliphatic carbocycles. The minimum absolute atomic E-state index is 0.516. The fraction of sp³-hybridized carbons (Fsp3) is 0.308. The summed E-state index contributed by atoms with van der Waals surface area (Å²) in [6.07, 6.45) is 3.72. The van der Waals surface area contributed by atoms with Crippen LogP contribution in [0.3, 0.4) is 0 Å². The van der Waals surface area contributed by atoms with E-state index in [0.29, 0.717) is 6.54 Å². The van der Waals surface area contributed by atoms with Gasteiger partial charge in [0.25, 0.3) is 0 Å². The molecule has 0 radical (unpaired) electrons. The molecule has 0 bridgehead atoms. The van der Waals surface area contributed by atoms with Gasteiger partial charge < -0.3 is 10.7 Å². The summed E-state index contributed by atoms with van der Waals surface area (Å²) >= 11 is 0. The summed E-state index contributed by atoms with van der Waals surface area (Å²) in [5, 5.41) is 0. The summed E-state index contributed by atoms with van der Waals surface area (Å²) < 4.78 is 0. The molecule has 16 heavy (non-hydrogen) atoms. The number of nitrogens with two attached hydrogens (primary N) is 1. The summed E-state index contributed by atoms with van der Waals surface area (Å²) in [7, 11) is 0. The van der Waals surface area contributed by atoms with Crippen LogP contribution in [0, 0.1) is 0 Å². The van der Waals surface area contributed by atoms with Gasteiger partial charge in [-0.25, -0.2) is 4.98 Å². The Kier molecular flexibility index (Phi) is 3.37. The van der Waals surface area contributed by atoms with E-state index < -0.39 is 0 Å². The third-order valence-electron chi connectivity index (χ3n) is 2.70. The second kappa shape index (κ2) is 4.94. The molecule has 0 atom stereocenters. The Morgan fingerprint density at radius 1 is 1.19 bits per heavy atom. The lowest BCUT2D eigenvalue weighted by atomic mass is 10.1. The summed E-state index contributed by atoms with van der Waals surface area (Å²) in [6, 6.07) is 8.65. The van der Waals surface area contributed by atoms with Crippen LogP contribution in [0.2, 0.25) is 0 Å². The second-order valence-electron chi connectivity index (χ2n) is 3.91. The van der Waals surface area contributed by atoms with Crippen molar-refractivity contribution in [1.29, 1.82) is 0 Å². The minimum atomic E-state index is 0.516. The fourth-order valence-corrected chi connectivity index (χ4v) is 1.69. The Bertz CT molecular complexity index is 442. The molecular formula is C13H17N3. The quantitative estimate of drug-likeness (QED) is 0.819. The summed E-state index contributed by atoms with van der Waals surface area (Å²) in [5.74, 6) is 0.977. The van der Waals surface area contributed by atoms with Crippen molar-refractivity contribution in [2.45, 2.75) is 26.3 Å². The zero-order valence-electron chi connectivity index (χ0n) is 9.53. The van der Waals surface area contributed by atoms with Gasteiger partial charge in [-0.3, -0.25) is 0 Å². The van der Waals surface area contributed by atoms with E-state index in [9.17, 15) is 0 Å². The van der Waals surface area contributed by atoms with E-state index in [1.807, 2.05) is 0 Å². The van der Waals surface area contributed by atoms with Gasteiger partial charge in [-0.1, -0.05) is 31.2 Å². The van der Waals surface area contributed by atoms with Crippen molar-refractivity contribution in [3.05, 3.63) is 53.1 Å². The fourth-order valence-electron chi connectivity index (χ4n) is 1.69. The van der Waals surface area contributed by atoms with E-state index in [1.54, 1.807) is 6.20 Å². The van der Waals surface area contributed by atoms with E-state index in [2.05, 4.69) is 41.2 Å². The first-order valence-corrected chi connectivity index (χ1v) is 5.62. The van der Waals surface area contributed by atoms with Crippen molar-refractivity contribution in [2.24, 2.45) is 5.73 Å². The van der Waals surface area contributed by atoms with Crippen LogP contribution in [-0.2, 0) is 19.4 Å². The van der Waals surface area contributed by atoms with E-state index in [0.717, 1.165) is 24.4 Å². The lowest BCUT2D eigenvalue weighted by molar-refractivity contribution is 0.966. The zero-order valence-corrected chi connectivity index (χ0v) is 9.53. The molecule has 3 nitrogen and oxygen atoms in total. The molecule has 1 aromatic heterocycles. The van der Waals surface area contributed by atoms with Gasteiger partial charge in [-0.05, 0) is 17.5 Å². The SMILES string of the molecule is CCc1ccc(Cc2ncc(CN)[nH]2)cc1. The Morgan fingerprint density at radius 3 is 2.44 bits per heavy atom.